The van der Waals surface area contributed by atoms with Gasteiger partial charge in [0.05, 0.1) is 11.4 Å². The molecule has 0 bridgehead atoms. The van der Waals surface area contributed by atoms with Gasteiger partial charge in [-0.2, -0.15) is 0 Å². The highest BCUT2D eigenvalue weighted by Gasteiger charge is 2.12. The van der Waals surface area contributed by atoms with Crippen molar-refractivity contribution in [1.82, 2.24) is 10.6 Å². The minimum atomic E-state index is -0.311. The van der Waals surface area contributed by atoms with Gasteiger partial charge in [0, 0.05) is 60.0 Å². The summed E-state index contributed by atoms with van der Waals surface area (Å²) in [6.45, 7) is 8.61. The molecule has 0 aliphatic rings. The average molecular weight is 753 g/mol. The number of carbonyl (C=O) groups is 3. The molecular formula is C35H40Br2N6O3. The van der Waals surface area contributed by atoms with Crippen molar-refractivity contribution in [3.63, 3.8) is 0 Å². The summed E-state index contributed by atoms with van der Waals surface area (Å²) >= 11 is 6.78. The van der Waals surface area contributed by atoms with E-state index in [1.54, 1.807) is 11.0 Å². The predicted molar refractivity (Wildman–Crippen MR) is 196 cm³/mol. The van der Waals surface area contributed by atoms with Crippen LogP contribution in [0.15, 0.2) is 112 Å². The van der Waals surface area contributed by atoms with Crippen LogP contribution in [0, 0.1) is 6.92 Å². The highest BCUT2D eigenvalue weighted by atomic mass is 79.9. The third-order valence-corrected chi connectivity index (χ3v) is 8.11. The number of aryl methyl sites for hydroxylation is 1. The van der Waals surface area contributed by atoms with E-state index in [0.717, 1.165) is 44.7 Å². The number of hydrogen-bond acceptors (Lipinski definition) is 4. The molecule has 0 saturated carbocycles. The maximum atomic E-state index is 12.0. The fourth-order valence-corrected chi connectivity index (χ4v) is 5.18. The van der Waals surface area contributed by atoms with E-state index < -0.39 is 0 Å². The summed E-state index contributed by atoms with van der Waals surface area (Å²) in [6.07, 6.45) is 0. The van der Waals surface area contributed by atoms with E-state index in [9.17, 15) is 14.4 Å². The Kier molecular flexibility index (Phi) is 15.1. The van der Waals surface area contributed by atoms with E-state index in [1.165, 1.54) is 6.92 Å². The second-order valence-electron chi connectivity index (χ2n) is 10.1. The molecule has 5 amide bonds. The fraction of sp³-hybridized carbons (Fsp3) is 0.229. The Morgan fingerprint density at radius 1 is 0.652 bits per heavy atom. The molecule has 0 saturated heterocycles. The Balaban J connectivity index is 0.000000251. The standard InChI is InChI=1S/C18H20BrN3O2.C17H20BrN3O/c1-13-6-5-7-15(12-13)22(14(2)23)11-10-20-18(24)21-17-9-4-3-8-16(17)19;1-2-21(14-8-4-3-5-9-14)13-12-19-17(22)20-16-11-7-6-10-15(16)18/h3-9,12H,10-11H2,1-2H3,(H2,20,21,24);3-11H,2,12-13H2,1H3,(H2,19,20,22). The SMILES string of the molecule is CC(=O)N(CCNC(=O)Nc1ccccc1Br)c1cccc(C)c1.CCN(CCNC(=O)Nc1ccccc1Br)c1ccccc1. The normalized spacial score (nSPS) is 10.1. The molecule has 242 valence electrons. The van der Waals surface area contributed by atoms with Crippen LogP contribution >= 0.6 is 31.9 Å². The molecule has 4 aromatic carbocycles. The van der Waals surface area contributed by atoms with Gasteiger partial charge in [-0.3, -0.25) is 4.79 Å². The quantitative estimate of drug-likeness (QED) is 0.125. The van der Waals surface area contributed by atoms with Gasteiger partial charge in [0.15, 0.2) is 0 Å². The van der Waals surface area contributed by atoms with Crippen molar-refractivity contribution in [3.8, 4) is 0 Å². The zero-order chi connectivity index (χ0) is 33.3. The van der Waals surface area contributed by atoms with Gasteiger partial charge < -0.3 is 31.1 Å². The van der Waals surface area contributed by atoms with Crippen molar-refractivity contribution >= 4 is 72.6 Å². The Morgan fingerprint density at radius 2 is 1.15 bits per heavy atom. The number of nitrogens with zero attached hydrogens (tertiary/aromatic N) is 2. The zero-order valence-corrected chi connectivity index (χ0v) is 29.4. The first-order valence-electron chi connectivity index (χ1n) is 14.9. The van der Waals surface area contributed by atoms with E-state index in [1.807, 2.05) is 91.9 Å². The Labute approximate surface area is 288 Å². The summed E-state index contributed by atoms with van der Waals surface area (Å²) in [4.78, 5) is 39.6. The number of nitrogens with one attached hydrogen (secondary N) is 4. The summed E-state index contributed by atoms with van der Waals surface area (Å²) < 4.78 is 1.68. The largest absolute Gasteiger partial charge is 0.370 e. The van der Waals surface area contributed by atoms with Crippen LogP contribution in [-0.4, -0.2) is 50.7 Å². The Bertz CT molecular complexity index is 1570. The lowest BCUT2D eigenvalue weighted by molar-refractivity contribution is -0.116. The summed E-state index contributed by atoms with van der Waals surface area (Å²) in [6, 6.07) is 32.3. The molecule has 0 aliphatic carbocycles. The highest BCUT2D eigenvalue weighted by Crippen LogP contribution is 2.22. The van der Waals surface area contributed by atoms with Crippen LogP contribution in [0.25, 0.3) is 0 Å². The van der Waals surface area contributed by atoms with Crippen LogP contribution in [0.1, 0.15) is 19.4 Å². The number of urea groups is 2. The lowest BCUT2D eigenvalue weighted by Gasteiger charge is -2.23. The van der Waals surface area contributed by atoms with Crippen LogP contribution < -0.4 is 31.1 Å². The number of likely N-dealkylation sites (N-methyl/N-ethyl adjacent to an activating group) is 1. The molecule has 0 spiro atoms. The molecule has 9 nitrogen and oxygen atoms in total. The highest BCUT2D eigenvalue weighted by molar-refractivity contribution is 9.11. The zero-order valence-electron chi connectivity index (χ0n) is 26.2. The van der Waals surface area contributed by atoms with Gasteiger partial charge in [-0.15, -0.1) is 0 Å². The second-order valence-corrected chi connectivity index (χ2v) is 11.9. The van der Waals surface area contributed by atoms with Crippen LogP contribution in [0.5, 0.6) is 0 Å². The topological polar surface area (TPSA) is 106 Å². The predicted octanol–water partition coefficient (Wildman–Crippen LogP) is 8.03. The van der Waals surface area contributed by atoms with Gasteiger partial charge in [-0.1, -0.05) is 54.6 Å². The van der Waals surface area contributed by atoms with Crippen molar-refractivity contribution in [1.29, 1.82) is 0 Å². The van der Waals surface area contributed by atoms with Gasteiger partial charge >= 0.3 is 12.1 Å². The van der Waals surface area contributed by atoms with Crippen LogP contribution in [-0.2, 0) is 4.79 Å². The van der Waals surface area contributed by atoms with E-state index in [0.29, 0.717) is 25.3 Å². The smallest absolute Gasteiger partial charge is 0.319 e. The lowest BCUT2D eigenvalue weighted by atomic mass is 10.2. The van der Waals surface area contributed by atoms with Crippen molar-refractivity contribution in [2.45, 2.75) is 20.8 Å². The summed E-state index contributed by atoms with van der Waals surface area (Å²) in [5.74, 6) is -0.0615. The Morgan fingerprint density at radius 3 is 1.65 bits per heavy atom. The molecule has 4 rings (SSSR count). The first-order chi connectivity index (χ1) is 22.2. The summed E-state index contributed by atoms with van der Waals surface area (Å²) in [5, 5.41) is 11.2. The Hall–Kier alpha value is -4.35. The number of rotatable bonds is 11. The maximum absolute atomic E-state index is 12.0. The van der Waals surface area contributed by atoms with Crippen LogP contribution in [0.3, 0.4) is 0 Å². The maximum Gasteiger partial charge on any atom is 0.319 e. The fourth-order valence-electron chi connectivity index (χ4n) is 4.42. The molecule has 0 atom stereocenters. The molecule has 11 heteroatoms. The van der Waals surface area contributed by atoms with Crippen LogP contribution in [0.2, 0.25) is 0 Å². The minimum absolute atomic E-state index is 0.0615. The van der Waals surface area contributed by atoms with Crippen molar-refractivity contribution in [3.05, 3.63) is 118 Å². The molecular weight excluding hydrogens is 712 g/mol. The second kappa shape index (κ2) is 19.2. The van der Waals surface area contributed by atoms with E-state index in [-0.39, 0.29) is 18.0 Å². The van der Waals surface area contributed by atoms with Gasteiger partial charge in [-0.05, 0) is 99.8 Å². The number of halogens is 2. The number of amides is 5. The number of para-hydroxylation sites is 3. The minimum Gasteiger partial charge on any atom is -0.370 e. The molecule has 0 aromatic heterocycles. The average Bonchev–Trinajstić information content (AvgIpc) is 3.04. The number of carbonyl (C=O) groups excluding carboxylic acids is 3. The van der Waals surface area contributed by atoms with Crippen molar-refractivity contribution in [2.24, 2.45) is 0 Å². The number of hydrogen-bond donors (Lipinski definition) is 4. The molecule has 46 heavy (non-hydrogen) atoms. The summed E-state index contributed by atoms with van der Waals surface area (Å²) in [5.41, 5.74) is 4.53. The lowest BCUT2D eigenvalue weighted by Crippen LogP contribution is -2.39. The molecule has 4 N–H and O–H groups in total. The third kappa shape index (κ3) is 12.2. The third-order valence-electron chi connectivity index (χ3n) is 6.73. The van der Waals surface area contributed by atoms with Gasteiger partial charge in [0.1, 0.15) is 0 Å². The first kappa shape index (κ1) is 36.1. The monoisotopic (exact) mass is 750 g/mol. The summed E-state index contributed by atoms with van der Waals surface area (Å²) in [7, 11) is 0. The molecule has 0 fully saturated rings. The van der Waals surface area contributed by atoms with Crippen molar-refractivity contribution < 1.29 is 14.4 Å². The van der Waals surface area contributed by atoms with Gasteiger partial charge in [-0.25, -0.2) is 9.59 Å². The molecule has 0 unspecified atom stereocenters. The molecule has 0 aliphatic heterocycles. The number of benzene rings is 4. The van der Waals surface area contributed by atoms with Gasteiger partial charge in [0.2, 0.25) is 5.91 Å². The molecule has 4 aromatic rings. The van der Waals surface area contributed by atoms with Gasteiger partial charge in [0.25, 0.3) is 0 Å². The van der Waals surface area contributed by atoms with E-state index >= 15 is 0 Å². The molecule has 0 radical (unpaired) electrons. The first-order valence-corrected chi connectivity index (χ1v) is 16.5. The van der Waals surface area contributed by atoms with Crippen LogP contribution in [0.4, 0.5) is 32.3 Å². The van der Waals surface area contributed by atoms with Crippen molar-refractivity contribution in [2.75, 3.05) is 53.2 Å². The molecule has 0 heterocycles. The number of anilines is 4. The van der Waals surface area contributed by atoms with E-state index in [2.05, 4.69) is 77.1 Å². The van der Waals surface area contributed by atoms with E-state index in [4.69, 9.17) is 0 Å².